The SMILES string of the molecule is CC1CCCN(CC(=O)Nc2nc3ccc(S(C)(=O)=O)cc3s2)C1. The zero-order valence-corrected chi connectivity index (χ0v) is 15.4. The smallest absolute Gasteiger partial charge is 0.240 e. The van der Waals surface area contributed by atoms with Crippen molar-refractivity contribution in [1.29, 1.82) is 0 Å². The lowest BCUT2D eigenvalue weighted by atomic mass is 10.0. The minimum atomic E-state index is -3.25. The molecule has 0 radical (unpaired) electrons. The average molecular weight is 367 g/mol. The first kappa shape index (κ1) is 17.3. The van der Waals surface area contributed by atoms with Gasteiger partial charge in [-0.1, -0.05) is 18.3 Å². The Kier molecular flexibility index (Phi) is 4.89. The van der Waals surface area contributed by atoms with Gasteiger partial charge in [-0.15, -0.1) is 0 Å². The standard InChI is InChI=1S/C16H21N3O3S2/c1-11-4-3-7-19(9-11)10-15(20)18-16-17-13-6-5-12(24(2,21)22)8-14(13)23-16/h5-6,8,11H,3-4,7,9-10H2,1-2H3,(H,17,18,20). The molecule has 2 aromatic rings. The van der Waals surface area contributed by atoms with Crippen LogP contribution >= 0.6 is 11.3 Å². The number of benzene rings is 1. The molecular formula is C16H21N3O3S2. The van der Waals surface area contributed by atoms with E-state index in [1.807, 2.05) is 0 Å². The first-order chi connectivity index (χ1) is 11.3. The number of amides is 1. The zero-order chi connectivity index (χ0) is 17.3. The Hall–Kier alpha value is -1.51. The highest BCUT2D eigenvalue weighted by Crippen LogP contribution is 2.28. The highest BCUT2D eigenvalue weighted by Gasteiger charge is 2.19. The van der Waals surface area contributed by atoms with E-state index in [1.54, 1.807) is 12.1 Å². The number of nitrogens with one attached hydrogen (secondary N) is 1. The molecule has 3 rings (SSSR count). The number of hydrogen-bond donors (Lipinski definition) is 1. The number of carbonyl (C=O) groups excluding carboxylic acids is 1. The molecular weight excluding hydrogens is 346 g/mol. The Bertz CT molecular complexity index is 861. The molecule has 0 bridgehead atoms. The summed E-state index contributed by atoms with van der Waals surface area (Å²) < 4.78 is 24.0. The van der Waals surface area contributed by atoms with Crippen LogP contribution in [0.15, 0.2) is 23.1 Å². The van der Waals surface area contributed by atoms with Gasteiger partial charge in [0.2, 0.25) is 5.91 Å². The van der Waals surface area contributed by atoms with Crippen molar-refractivity contribution in [2.45, 2.75) is 24.7 Å². The molecule has 130 valence electrons. The van der Waals surface area contributed by atoms with Crippen molar-refractivity contribution in [3.05, 3.63) is 18.2 Å². The second kappa shape index (κ2) is 6.78. The summed E-state index contributed by atoms with van der Waals surface area (Å²) in [5.74, 6) is 0.551. The third-order valence-electron chi connectivity index (χ3n) is 4.14. The predicted molar refractivity (Wildman–Crippen MR) is 96.2 cm³/mol. The van der Waals surface area contributed by atoms with Crippen LogP contribution in [0.4, 0.5) is 5.13 Å². The van der Waals surface area contributed by atoms with Gasteiger partial charge in [0.1, 0.15) is 0 Å². The van der Waals surface area contributed by atoms with Crippen LogP contribution in [-0.2, 0) is 14.6 Å². The average Bonchev–Trinajstić information content (AvgIpc) is 2.87. The van der Waals surface area contributed by atoms with Gasteiger partial charge in [-0.3, -0.25) is 9.69 Å². The van der Waals surface area contributed by atoms with Gasteiger partial charge in [0, 0.05) is 12.8 Å². The molecule has 1 amide bonds. The van der Waals surface area contributed by atoms with E-state index < -0.39 is 9.84 Å². The summed E-state index contributed by atoms with van der Waals surface area (Å²) in [5.41, 5.74) is 0.689. The van der Waals surface area contributed by atoms with Gasteiger partial charge in [-0.2, -0.15) is 0 Å². The number of anilines is 1. The minimum Gasteiger partial charge on any atom is -0.301 e. The maximum absolute atomic E-state index is 12.2. The van der Waals surface area contributed by atoms with Crippen LogP contribution in [0, 0.1) is 5.92 Å². The van der Waals surface area contributed by atoms with Gasteiger partial charge in [0.25, 0.3) is 0 Å². The summed E-state index contributed by atoms with van der Waals surface area (Å²) >= 11 is 1.29. The largest absolute Gasteiger partial charge is 0.301 e. The number of likely N-dealkylation sites (tertiary alicyclic amines) is 1. The lowest BCUT2D eigenvalue weighted by Crippen LogP contribution is -2.39. The molecule has 1 N–H and O–H groups in total. The van der Waals surface area contributed by atoms with Crippen molar-refractivity contribution in [3.8, 4) is 0 Å². The molecule has 1 atom stereocenters. The van der Waals surface area contributed by atoms with E-state index in [-0.39, 0.29) is 10.8 Å². The molecule has 1 aromatic carbocycles. The molecule has 1 aliphatic rings. The Balaban J connectivity index is 1.69. The van der Waals surface area contributed by atoms with E-state index in [2.05, 4.69) is 22.1 Å². The summed E-state index contributed by atoms with van der Waals surface area (Å²) in [4.78, 5) is 19.0. The molecule has 0 spiro atoms. The van der Waals surface area contributed by atoms with E-state index in [0.717, 1.165) is 24.2 Å². The highest BCUT2D eigenvalue weighted by atomic mass is 32.2. The third kappa shape index (κ3) is 4.12. The van der Waals surface area contributed by atoms with Crippen molar-refractivity contribution in [2.75, 3.05) is 31.2 Å². The van der Waals surface area contributed by atoms with Crippen LogP contribution in [0.3, 0.4) is 0 Å². The van der Waals surface area contributed by atoms with E-state index in [0.29, 0.717) is 23.1 Å². The number of aromatic nitrogens is 1. The van der Waals surface area contributed by atoms with Gasteiger partial charge in [-0.05, 0) is 43.5 Å². The van der Waals surface area contributed by atoms with Gasteiger partial charge < -0.3 is 5.32 Å². The van der Waals surface area contributed by atoms with Crippen LogP contribution in [-0.4, -0.2) is 50.1 Å². The second-order valence-corrected chi connectivity index (χ2v) is 9.50. The predicted octanol–water partition coefficient (Wildman–Crippen LogP) is 2.37. The van der Waals surface area contributed by atoms with Crippen LogP contribution in [0.25, 0.3) is 10.2 Å². The number of sulfone groups is 1. The number of fused-ring (bicyclic) bond motifs is 1. The third-order valence-corrected chi connectivity index (χ3v) is 6.19. The quantitative estimate of drug-likeness (QED) is 0.897. The fourth-order valence-electron chi connectivity index (χ4n) is 2.98. The number of nitrogens with zero attached hydrogens (tertiary/aromatic N) is 2. The highest BCUT2D eigenvalue weighted by molar-refractivity contribution is 7.90. The minimum absolute atomic E-state index is 0.0773. The number of hydrogen-bond acceptors (Lipinski definition) is 6. The molecule has 0 saturated carbocycles. The molecule has 1 aromatic heterocycles. The van der Waals surface area contributed by atoms with Gasteiger partial charge in [0.15, 0.2) is 15.0 Å². The van der Waals surface area contributed by atoms with E-state index in [4.69, 9.17) is 0 Å². The summed E-state index contributed by atoms with van der Waals surface area (Å²) in [6.45, 7) is 4.48. The van der Waals surface area contributed by atoms with Crippen molar-refractivity contribution in [2.24, 2.45) is 5.92 Å². The van der Waals surface area contributed by atoms with Crippen molar-refractivity contribution >= 4 is 42.4 Å². The van der Waals surface area contributed by atoms with E-state index in [1.165, 1.54) is 30.1 Å². The van der Waals surface area contributed by atoms with E-state index in [9.17, 15) is 13.2 Å². The van der Waals surface area contributed by atoms with Gasteiger partial charge in [0.05, 0.1) is 21.7 Å². The Morgan fingerprint density at radius 2 is 2.25 bits per heavy atom. The maximum Gasteiger partial charge on any atom is 0.240 e. The monoisotopic (exact) mass is 367 g/mol. The summed E-state index contributed by atoms with van der Waals surface area (Å²) in [7, 11) is -3.25. The lowest BCUT2D eigenvalue weighted by molar-refractivity contribution is -0.117. The fraction of sp³-hybridized carbons (Fsp3) is 0.500. The summed E-state index contributed by atoms with van der Waals surface area (Å²) in [6.07, 6.45) is 3.53. The van der Waals surface area contributed by atoms with Crippen molar-refractivity contribution in [3.63, 3.8) is 0 Å². The first-order valence-electron chi connectivity index (χ1n) is 7.94. The normalized spacial score (nSPS) is 19.5. The Morgan fingerprint density at radius 3 is 2.96 bits per heavy atom. The topological polar surface area (TPSA) is 79.4 Å². The Labute approximate surface area is 145 Å². The van der Waals surface area contributed by atoms with Crippen LogP contribution in [0.5, 0.6) is 0 Å². The molecule has 1 unspecified atom stereocenters. The molecule has 1 aliphatic heterocycles. The van der Waals surface area contributed by atoms with Crippen LogP contribution < -0.4 is 5.32 Å². The number of carbonyl (C=O) groups is 1. The lowest BCUT2D eigenvalue weighted by Gasteiger charge is -2.29. The number of rotatable bonds is 4. The van der Waals surface area contributed by atoms with Gasteiger partial charge in [-0.25, -0.2) is 13.4 Å². The number of piperidine rings is 1. The summed E-state index contributed by atoms with van der Waals surface area (Å²) in [6, 6.07) is 4.81. The molecule has 1 saturated heterocycles. The van der Waals surface area contributed by atoms with Crippen LogP contribution in [0.2, 0.25) is 0 Å². The fourth-order valence-corrected chi connectivity index (χ4v) is 4.62. The van der Waals surface area contributed by atoms with Gasteiger partial charge >= 0.3 is 0 Å². The number of thiazole rings is 1. The zero-order valence-electron chi connectivity index (χ0n) is 13.8. The molecule has 6 nitrogen and oxygen atoms in total. The first-order valence-corrected chi connectivity index (χ1v) is 10.6. The molecule has 24 heavy (non-hydrogen) atoms. The maximum atomic E-state index is 12.2. The van der Waals surface area contributed by atoms with Crippen molar-refractivity contribution in [1.82, 2.24) is 9.88 Å². The molecule has 0 aliphatic carbocycles. The van der Waals surface area contributed by atoms with Crippen LogP contribution in [0.1, 0.15) is 19.8 Å². The molecule has 8 heteroatoms. The van der Waals surface area contributed by atoms with E-state index >= 15 is 0 Å². The second-order valence-electron chi connectivity index (χ2n) is 6.45. The van der Waals surface area contributed by atoms with Crippen molar-refractivity contribution < 1.29 is 13.2 Å². The molecule has 1 fully saturated rings. The summed E-state index contributed by atoms with van der Waals surface area (Å²) in [5, 5.41) is 3.33. The Morgan fingerprint density at radius 1 is 1.46 bits per heavy atom. The molecule has 2 heterocycles.